The number of halogens is 3. The highest BCUT2D eigenvalue weighted by atomic mass is 35.5. The largest absolute Gasteiger partial charge is 0.493 e. The molecule has 6 nitrogen and oxygen atoms in total. The first-order valence-electron chi connectivity index (χ1n) is 11.2. The van der Waals surface area contributed by atoms with Gasteiger partial charge in [0, 0.05) is 19.1 Å². The fourth-order valence-electron chi connectivity index (χ4n) is 4.23. The molecule has 0 fully saturated rings. The molecule has 34 heavy (non-hydrogen) atoms. The zero-order valence-corrected chi connectivity index (χ0v) is 22.5. The van der Waals surface area contributed by atoms with E-state index in [9.17, 15) is 4.79 Å². The van der Waals surface area contributed by atoms with Crippen LogP contribution in [0.15, 0.2) is 24.3 Å². The number of benzene rings is 2. The van der Waals surface area contributed by atoms with Gasteiger partial charge in [0.1, 0.15) is 0 Å². The summed E-state index contributed by atoms with van der Waals surface area (Å²) in [5.41, 5.74) is 9.49. The van der Waals surface area contributed by atoms with Gasteiger partial charge < -0.3 is 25.0 Å². The van der Waals surface area contributed by atoms with E-state index in [2.05, 4.69) is 18.9 Å². The Bertz CT molecular complexity index is 980. The summed E-state index contributed by atoms with van der Waals surface area (Å²) in [6.07, 6.45) is 2.92. The van der Waals surface area contributed by atoms with E-state index in [1.165, 1.54) is 0 Å². The van der Waals surface area contributed by atoms with Crippen LogP contribution >= 0.6 is 35.6 Å². The number of methoxy groups -OCH3 is 2. The molecule has 0 aliphatic carbocycles. The third kappa shape index (κ3) is 6.85. The van der Waals surface area contributed by atoms with Crippen LogP contribution in [0.5, 0.6) is 11.5 Å². The third-order valence-electron chi connectivity index (χ3n) is 6.41. The summed E-state index contributed by atoms with van der Waals surface area (Å²) in [4.78, 5) is 17.1. The molecule has 9 heteroatoms. The first-order chi connectivity index (χ1) is 15.7. The van der Waals surface area contributed by atoms with Crippen molar-refractivity contribution in [2.75, 3.05) is 46.6 Å². The molecule has 1 heterocycles. The quantitative estimate of drug-likeness (QED) is 0.467. The smallest absolute Gasteiger partial charge is 0.227 e. The Morgan fingerprint density at radius 3 is 2.26 bits per heavy atom. The van der Waals surface area contributed by atoms with E-state index >= 15 is 0 Å². The van der Waals surface area contributed by atoms with E-state index in [1.54, 1.807) is 14.2 Å². The molecule has 3 rings (SSSR count). The van der Waals surface area contributed by atoms with Gasteiger partial charge in [0.15, 0.2) is 11.5 Å². The first kappa shape index (κ1) is 28.4. The number of ether oxygens (including phenoxy) is 2. The van der Waals surface area contributed by atoms with Gasteiger partial charge in [-0.3, -0.25) is 4.79 Å². The lowest BCUT2D eigenvalue weighted by Crippen LogP contribution is -2.37. The average Bonchev–Trinajstić information content (AvgIpc) is 2.94. The summed E-state index contributed by atoms with van der Waals surface area (Å²) in [6, 6.07) is 7.98. The zero-order valence-electron chi connectivity index (χ0n) is 20.2. The highest BCUT2D eigenvalue weighted by Gasteiger charge is 2.23. The van der Waals surface area contributed by atoms with Crippen molar-refractivity contribution in [3.8, 4) is 11.5 Å². The normalized spacial score (nSPS) is 14.3. The minimum absolute atomic E-state index is 0. The molecule has 0 spiro atoms. The second-order valence-corrected chi connectivity index (χ2v) is 9.46. The summed E-state index contributed by atoms with van der Waals surface area (Å²) in [5.74, 6) is 1.52. The lowest BCUT2D eigenvalue weighted by atomic mass is 10.0. The molecule has 0 saturated carbocycles. The fourth-order valence-corrected chi connectivity index (χ4v) is 4.77. The molecule has 0 aromatic heterocycles. The predicted octanol–water partition coefficient (Wildman–Crippen LogP) is 4.89. The molecule has 0 bridgehead atoms. The number of anilines is 1. The zero-order chi connectivity index (χ0) is 24.1. The summed E-state index contributed by atoms with van der Waals surface area (Å²) < 4.78 is 10.8. The number of likely N-dealkylation sites (N-methyl/N-ethyl adjacent to an activating group) is 1. The highest BCUT2D eigenvalue weighted by molar-refractivity contribution is 6.38. The Kier molecular flexibility index (Phi) is 10.6. The number of nitrogen functional groups attached to an aromatic ring is 1. The molecule has 188 valence electrons. The Balaban J connectivity index is 0.00000408. The maximum Gasteiger partial charge on any atom is 0.227 e. The topological polar surface area (TPSA) is 68.0 Å². The van der Waals surface area contributed by atoms with E-state index in [-0.39, 0.29) is 18.3 Å². The molecule has 2 aromatic carbocycles. The Morgan fingerprint density at radius 2 is 1.68 bits per heavy atom. The first-order valence-corrected chi connectivity index (χ1v) is 11.9. The number of rotatable bonds is 9. The molecular formula is C25H34Cl3N3O3. The highest BCUT2D eigenvalue weighted by Crippen LogP contribution is 2.32. The van der Waals surface area contributed by atoms with Crippen LogP contribution in [0.1, 0.15) is 30.0 Å². The van der Waals surface area contributed by atoms with Crippen LogP contribution in [-0.4, -0.2) is 62.7 Å². The van der Waals surface area contributed by atoms with Crippen molar-refractivity contribution in [2.45, 2.75) is 38.6 Å². The maximum atomic E-state index is 12.9. The van der Waals surface area contributed by atoms with Gasteiger partial charge in [0.2, 0.25) is 5.91 Å². The maximum absolute atomic E-state index is 12.9. The Morgan fingerprint density at radius 1 is 1.09 bits per heavy atom. The lowest BCUT2D eigenvalue weighted by Gasteiger charge is -2.27. The van der Waals surface area contributed by atoms with Crippen molar-refractivity contribution in [1.82, 2.24) is 9.80 Å². The second-order valence-electron chi connectivity index (χ2n) is 8.64. The van der Waals surface area contributed by atoms with Crippen LogP contribution in [0.2, 0.25) is 10.0 Å². The summed E-state index contributed by atoms with van der Waals surface area (Å²) >= 11 is 12.3. The molecular weight excluding hydrogens is 497 g/mol. The summed E-state index contributed by atoms with van der Waals surface area (Å²) in [6.45, 7) is 4.50. The molecule has 0 radical (unpaired) electrons. The van der Waals surface area contributed by atoms with Gasteiger partial charge in [-0.05, 0) is 80.7 Å². The number of hydrogen-bond acceptors (Lipinski definition) is 5. The van der Waals surface area contributed by atoms with Crippen molar-refractivity contribution in [3.05, 3.63) is 51.0 Å². The minimum atomic E-state index is 0. The van der Waals surface area contributed by atoms with Crippen molar-refractivity contribution < 1.29 is 14.3 Å². The number of carbonyl (C=O) groups excluding carboxylic acids is 1. The molecule has 1 aliphatic rings. The lowest BCUT2D eigenvalue weighted by molar-refractivity contribution is -0.130. The molecule has 2 N–H and O–H groups in total. The van der Waals surface area contributed by atoms with Crippen LogP contribution < -0.4 is 15.2 Å². The van der Waals surface area contributed by atoms with Gasteiger partial charge in [-0.1, -0.05) is 23.2 Å². The number of nitrogens with zero attached hydrogens (tertiary/aromatic N) is 2. The van der Waals surface area contributed by atoms with Gasteiger partial charge in [0.25, 0.3) is 0 Å². The number of nitrogens with two attached hydrogens (primary N) is 1. The van der Waals surface area contributed by atoms with Gasteiger partial charge in [-0.2, -0.15) is 0 Å². The minimum Gasteiger partial charge on any atom is -0.493 e. The standard InChI is InChI=1S/C25H33Cl2N3O3.ClH/c1-16(10-17-11-20(26)25(28)21(27)12-17)29(2)7-5-8-30-9-6-18-13-22(32-3)23(33-4)14-19(18)15-24(30)31;/h11-14,16H,5-10,15,28H2,1-4H3;1H. The van der Waals surface area contributed by atoms with Gasteiger partial charge >= 0.3 is 0 Å². The SMILES string of the molecule is COc1cc2c(cc1OC)CC(=O)N(CCCN(C)C(C)Cc1cc(Cl)c(N)c(Cl)c1)CC2.Cl. The third-order valence-corrected chi connectivity index (χ3v) is 7.04. The number of carbonyl (C=O) groups is 1. The van der Waals surface area contributed by atoms with Crippen molar-refractivity contribution in [3.63, 3.8) is 0 Å². The fraction of sp³-hybridized carbons (Fsp3) is 0.480. The predicted molar refractivity (Wildman–Crippen MR) is 142 cm³/mol. The van der Waals surface area contributed by atoms with Gasteiger partial charge in [-0.15, -0.1) is 12.4 Å². The Labute approximate surface area is 218 Å². The van der Waals surface area contributed by atoms with Crippen LogP contribution in [0.4, 0.5) is 5.69 Å². The molecule has 0 saturated heterocycles. The summed E-state index contributed by atoms with van der Waals surface area (Å²) in [7, 11) is 5.35. The van der Waals surface area contributed by atoms with E-state index in [0.29, 0.717) is 46.2 Å². The molecule has 2 aromatic rings. The molecule has 1 amide bonds. The van der Waals surface area contributed by atoms with E-state index < -0.39 is 0 Å². The van der Waals surface area contributed by atoms with Crippen LogP contribution in [-0.2, 0) is 24.1 Å². The monoisotopic (exact) mass is 529 g/mol. The van der Waals surface area contributed by atoms with Gasteiger partial charge in [0.05, 0.1) is 36.4 Å². The second kappa shape index (κ2) is 12.7. The molecule has 1 unspecified atom stereocenters. The van der Waals surface area contributed by atoms with E-state index in [0.717, 1.165) is 49.0 Å². The Hall–Kier alpha value is -1.86. The number of fused-ring (bicyclic) bond motifs is 1. The van der Waals surface area contributed by atoms with Crippen molar-refractivity contribution >= 4 is 47.2 Å². The van der Waals surface area contributed by atoms with Crippen molar-refractivity contribution in [1.29, 1.82) is 0 Å². The van der Waals surface area contributed by atoms with Crippen molar-refractivity contribution in [2.24, 2.45) is 0 Å². The number of hydrogen-bond donors (Lipinski definition) is 1. The van der Waals surface area contributed by atoms with Crippen LogP contribution in [0.25, 0.3) is 0 Å². The molecule has 1 aliphatic heterocycles. The molecule has 1 atom stereocenters. The van der Waals surface area contributed by atoms with Crippen LogP contribution in [0, 0.1) is 0 Å². The van der Waals surface area contributed by atoms with Gasteiger partial charge in [-0.25, -0.2) is 0 Å². The van der Waals surface area contributed by atoms with Crippen LogP contribution in [0.3, 0.4) is 0 Å². The summed E-state index contributed by atoms with van der Waals surface area (Å²) in [5, 5.41) is 0.978. The van der Waals surface area contributed by atoms with E-state index in [4.69, 9.17) is 38.4 Å². The average molecular weight is 531 g/mol. The number of amides is 1. The van der Waals surface area contributed by atoms with E-state index in [1.807, 2.05) is 29.2 Å².